The second-order valence-electron chi connectivity index (χ2n) is 9.80. The van der Waals surface area contributed by atoms with Gasteiger partial charge in [-0.15, -0.1) is 0 Å². The largest absolute Gasteiger partial charge is 0.379 e. The number of piperidine rings is 1. The van der Waals surface area contributed by atoms with E-state index in [1.165, 1.54) is 12.1 Å². The summed E-state index contributed by atoms with van der Waals surface area (Å²) in [7, 11) is 0. The summed E-state index contributed by atoms with van der Waals surface area (Å²) in [5.41, 5.74) is 1.50. The van der Waals surface area contributed by atoms with Crippen molar-refractivity contribution >= 4 is 16.8 Å². The number of hydrogen-bond acceptors (Lipinski definition) is 4. The fraction of sp³-hybridized carbons (Fsp3) is 0.640. The van der Waals surface area contributed by atoms with Crippen molar-refractivity contribution in [3.63, 3.8) is 0 Å². The third-order valence-corrected chi connectivity index (χ3v) is 8.10. The van der Waals surface area contributed by atoms with Gasteiger partial charge in [-0.1, -0.05) is 6.92 Å². The highest BCUT2D eigenvalue weighted by Crippen LogP contribution is 2.48. The zero-order valence-electron chi connectivity index (χ0n) is 19.0. The number of ether oxygens (including phenoxy) is 1. The average Bonchev–Trinajstić information content (AvgIpc) is 3.24. The normalized spacial score (nSPS) is 29.7. The standard InChI is InChI=1S/C25H35FN4O2/c1-2-29-8-6-19-15-22(30-9-11-32-12-10-30)5-7-25(19,17-29)24(31)27-16-21-14-18-13-20(26)3-4-23(18)28-21/h3-4,13-14,19,22,28H,2,5-12,15-17H2,1H3,(H,27,31)/t19-,22+,25-/m1/s1. The maximum Gasteiger partial charge on any atom is 0.228 e. The molecule has 3 heterocycles. The number of aromatic amines is 1. The van der Waals surface area contributed by atoms with Crippen molar-refractivity contribution in [2.24, 2.45) is 11.3 Å². The maximum atomic E-state index is 13.7. The molecule has 2 N–H and O–H groups in total. The molecular formula is C25H35FN4O2. The van der Waals surface area contributed by atoms with Crippen LogP contribution in [0.4, 0.5) is 4.39 Å². The van der Waals surface area contributed by atoms with E-state index in [9.17, 15) is 9.18 Å². The molecule has 5 rings (SSSR count). The molecular weight excluding hydrogens is 407 g/mol. The van der Waals surface area contributed by atoms with Crippen molar-refractivity contribution in [3.8, 4) is 0 Å². The van der Waals surface area contributed by atoms with Crippen LogP contribution in [0.15, 0.2) is 24.3 Å². The number of H-pyrrole nitrogens is 1. The summed E-state index contributed by atoms with van der Waals surface area (Å²) in [5, 5.41) is 4.09. The highest BCUT2D eigenvalue weighted by atomic mass is 19.1. The van der Waals surface area contributed by atoms with E-state index in [0.717, 1.165) is 88.2 Å². The summed E-state index contributed by atoms with van der Waals surface area (Å²) in [6, 6.07) is 7.24. The van der Waals surface area contributed by atoms with Gasteiger partial charge in [-0.05, 0) is 69.0 Å². The molecule has 2 aromatic rings. The third kappa shape index (κ3) is 4.18. The smallest absolute Gasteiger partial charge is 0.228 e. The first-order chi connectivity index (χ1) is 15.6. The van der Waals surface area contributed by atoms with E-state index >= 15 is 0 Å². The molecule has 6 nitrogen and oxygen atoms in total. The Morgan fingerprint density at radius 1 is 1.25 bits per heavy atom. The molecule has 0 radical (unpaired) electrons. The molecule has 1 aromatic carbocycles. The van der Waals surface area contributed by atoms with Crippen LogP contribution in [0.25, 0.3) is 10.9 Å². The van der Waals surface area contributed by atoms with Gasteiger partial charge in [0.05, 0.1) is 25.2 Å². The van der Waals surface area contributed by atoms with E-state index in [2.05, 4.69) is 27.0 Å². The number of amides is 1. The predicted octanol–water partition coefficient (Wildman–Crippen LogP) is 3.14. The van der Waals surface area contributed by atoms with Gasteiger partial charge in [-0.2, -0.15) is 0 Å². The number of nitrogens with one attached hydrogen (secondary N) is 2. The number of nitrogens with zero attached hydrogens (tertiary/aromatic N) is 2. The Morgan fingerprint density at radius 3 is 2.91 bits per heavy atom. The van der Waals surface area contributed by atoms with Gasteiger partial charge in [0.25, 0.3) is 0 Å². The van der Waals surface area contributed by atoms with Gasteiger partial charge < -0.3 is 19.9 Å². The van der Waals surface area contributed by atoms with Gasteiger partial charge in [-0.3, -0.25) is 9.69 Å². The Labute approximate surface area is 189 Å². The molecule has 2 aliphatic heterocycles. The maximum absolute atomic E-state index is 13.7. The molecule has 1 aliphatic carbocycles. The summed E-state index contributed by atoms with van der Waals surface area (Å²) in [5.74, 6) is 0.363. The molecule has 1 aromatic heterocycles. The van der Waals surface area contributed by atoms with Crippen LogP contribution in [0, 0.1) is 17.2 Å². The zero-order valence-corrected chi connectivity index (χ0v) is 19.0. The molecule has 3 fully saturated rings. The van der Waals surface area contributed by atoms with E-state index in [1.807, 2.05) is 6.07 Å². The Balaban J connectivity index is 1.30. The quantitative estimate of drug-likeness (QED) is 0.747. The monoisotopic (exact) mass is 442 g/mol. The Hall–Kier alpha value is -1.96. The van der Waals surface area contributed by atoms with Crippen LogP contribution in [0.2, 0.25) is 0 Å². The van der Waals surface area contributed by atoms with Crippen LogP contribution < -0.4 is 5.32 Å². The van der Waals surface area contributed by atoms with E-state index in [1.54, 1.807) is 6.07 Å². The van der Waals surface area contributed by atoms with Gasteiger partial charge in [0.2, 0.25) is 5.91 Å². The van der Waals surface area contributed by atoms with E-state index in [-0.39, 0.29) is 17.1 Å². The predicted molar refractivity (Wildman–Crippen MR) is 123 cm³/mol. The van der Waals surface area contributed by atoms with Crippen molar-refractivity contribution in [2.75, 3.05) is 45.9 Å². The molecule has 3 atom stereocenters. The minimum absolute atomic E-state index is 0.186. The number of halogens is 1. The number of carbonyl (C=O) groups is 1. The van der Waals surface area contributed by atoms with Crippen LogP contribution in [-0.4, -0.2) is 72.7 Å². The van der Waals surface area contributed by atoms with Gasteiger partial charge in [-0.25, -0.2) is 4.39 Å². The lowest BCUT2D eigenvalue weighted by Gasteiger charge is -2.53. The molecule has 7 heteroatoms. The molecule has 174 valence electrons. The number of rotatable bonds is 5. The number of benzene rings is 1. The number of aromatic nitrogens is 1. The first kappa shape index (κ1) is 21.9. The molecule has 1 amide bonds. The van der Waals surface area contributed by atoms with Gasteiger partial charge in [0.1, 0.15) is 5.82 Å². The van der Waals surface area contributed by atoms with E-state index in [4.69, 9.17) is 4.74 Å². The minimum Gasteiger partial charge on any atom is -0.379 e. The fourth-order valence-corrected chi connectivity index (χ4v) is 6.24. The molecule has 2 saturated heterocycles. The van der Waals surface area contributed by atoms with Crippen molar-refractivity contribution in [1.29, 1.82) is 0 Å². The molecule has 0 unspecified atom stereocenters. The van der Waals surface area contributed by atoms with Crippen LogP contribution >= 0.6 is 0 Å². The van der Waals surface area contributed by atoms with Gasteiger partial charge >= 0.3 is 0 Å². The second-order valence-corrected chi connectivity index (χ2v) is 9.80. The summed E-state index contributed by atoms with van der Waals surface area (Å²) in [6.45, 7) is 9.24. The van der Waals surface area contributed by atoms with Gasteiger partial charge in [0, 0.05) is 42.3 Å². The third-order valence-electron chi connectivity index (χ3n) is 8.10. The minimum atomic E-state index is -0.310. The van der Waals surface area contributed by atoms with Crippen LogP contribution in [0.5, 0.6) is 0 Å². The zero-order chi connectivity index (χ0) is 22.1. The molecule has 32 heavy (non-hydrogen) atoms. The summed E-state index contributed by atoms with van der Waals surface area (Å²) >= 11 is 0. The summed E-state index contributed by atoms with van der Waals surface area (Å²) < 4.78 is 19.1. The van der Waals surface area contributed by atoms with Crippen LogP contribution in [0.3, 0.4) is 0 Å². The number of carbonyl (C=O) groups excluding carboxylic acids is 1. The second kappa shape index (κ2) is 9.12. The SMILES string of the molecule is CCN1CC[C@@H]2C[C@@H](N3CCOCC3)CC[C@@]2(C(=O)NCc2cc3cc(F)ccc3[nH]2)C1. The first-order valence-electron chi connectivity index (χ1n) is 12.2. The van der Waals surface area contributed by atoms with Crippen LogP contribution in [-0.2, 0) is 16.1 Å². The van der Waals surface area contributed by atoms with Gasteiger partial charge in [0.15, 0.2) is 0 Å². The molecule has 0 bridgehead atoms. The number of morpholine rings is 1. The number of fused-ring (bicyclic) bond motifs is 2. The van der Waals surface area contributed by atoms with Crippen molar-refractivity contribution in [2.45, 2.75) is 45.2 Å². The number of hydrogen-bond donors (Lipinski definition) is 2. The summed E-state index contributed by atoms with van der Waals surface area (Å²) in [4.78, 5) is 22.0. The average molecular weight is 443 g/mol. The van der Waals surface area contributed by atoms with E-state index < -0.39 is 0 Å². The Morgan fingerprint density at radius 2 is 2.09 bits per heavy atom. The summed E-state index contributed by atoms with van der Waals surface area (Å²) in [6.07, 6.45) is 4.22. The first-order valence-corrected chi connectivity index (χ1v) is 12.2. The van der Waals surface area contributed by atoms with Crippen LogP contribution in [0.1, 0.15) is 38.3 Å². The lowest BCUT2D eigenvalue weighted by Crippen LogP contribution is -2.60. The Kier molecular flexibility index (Phi) is 6.23. The highest BCUT2D eigenvalue weighted by Gasteiger charge is 2.52. The number of likely N-dealkylation sites (tertiary alicyclic amines) is 1. The Bertz CT molecular complexity index is 957. The molecule has 3 aliphatic rings. The van der Waals surface area contributed by atoms with E-state index in [0.29, 0.717) is 18.5 Å². The molecule has 0 spiro atoms. The lowest BCUT2D eigenvalue weighted by molar-refractivity contribution is -0.145. The molecule has 1 saturated carbocycles. The van der Waals surface area contributed by atoms with Crippen molar-refractivity contribution < 1.29 is 13.9 Å². The highest BCUT2D eigenvalue weighted by molar-refractivity contribution is 5.84. The van der Waals surface area contributed by atoms with Crippen molar-refractivity contribution in [1.82, 2.24) is 20.1 Å². The lowest BCUT2D eigenvalue weighted by atomic mass is 9.61. The fourth-order valence-electron chi connectivity index (χ4n) is 6.24. The topological polar surface area (TPSA) is 60.6 Å². The van der Waals surface area contributed by atoms with Crippen molar-refractivity contribution in [3.05, 3.63) is 35.8 Å².